The number of hydrogen-bond donors (Lipinski definition) is 1. The second-order valence-corrected chi connectivity index (χ2v) is 8.33. The zero-order valence-corrected chi connectivity index (χ0v) is 19.6. The lowest BCUT2D eigenvalue weighted by Gasteiger charge is -2.27. The Balaban J connectivity index is 1.18. The summed E-state index contributed by atoms with van der Waals surface area (Å²) in [6.45, 7) is 1.26. The minimum atomic E-state index is -0.598. The molecule has 0 aromatic heterocycles. The maximum Gasteiger partial charge on any atom is 0.270 e. The zero-order valence-electron chi connectivity index (χ0n) is 19.6. The van der Waals surface area contributed by atoms with Crippen LogP contribution in [0.3, 0.4) is 0 Å². The molecule has 2 aromatic rings. The minimum Gasteiger partial charge on any atom is -0.379 e. The summed E-state index contributed by atoms with van der Waals surface area (Å²) in [5.41, 5.74) is 2.57. The van der Waals surface area contributed by atoms with Gasteiger partial charge in [-0.2, -0.15) is 0 Å². The molecular formula is C24H27N3O9. The summed E-state index contributed by atoms with van der Waals surface area (Å²) in [5.74, 6) is -1.39. The van der Waals surface area contributed by atoms with Crippen molar-refractivity contribution in [2.24, 2.45) is 0 Å². The predicted molar refractivity (Wildman–Crippen MR) is 125 cm³/mol. The van der Waals surface area contributed by atoms with Crippen molar-refractivity contribution in [3.05, 3.63) is 51.6 Å². The Labute approximate surface area is 206 Å². The van der Waals surface area contributed by atoms with E-state index in [9.17, 15) is 24.5 Å². The molecule has 1 atom stereocenters. The van der Waals surface area contributed by atoms with Crippen molar-refractivity contribution < 1.29 is 38.4 Å². The standard InChI is InChI=1S/C24H27N3O9/c28-20(25-36-21-6-1-2-9-35-21)7-10-33-12-13-34-11-8-26-23(29)18-5-3-4-16-14-17(27(31)32)15-19(22(16)18)24(26)30/h3-5,14-15,21H,1-2,6-13H2,(H,25,28). The predicted octanol–water partition coefficient (Wildman–Crippen LogP) is 2.34. The van der Waals surface area contributed by atoms with Crippen molar-refractivity contribution in [2.45, 2.75) is 32.0 Å². The monoisotopic (exact) mass is 501 g/mol. The molecule has 4 rings (SSSR count). The molecule has 12 heteroatoms. The van der Waals surface area contributed by atoms with Crippen LogP contribution in [0.25, 0.3) is 10.8 Å². The van der Waals surface area contributed by atoms with Crippen LogP contribution in [0.4, 0.5) is 5.69 Å². The summed E-state index contributed by atoms with van der Waals surface area (Å²) < 4.78 is 16.2. The van der Waals surface area contributed by atoms with Crippen LogP contribution in [0.15, 0.2) is 30.3 Å². The fourth-order valence-corrected chi connectivity index (χ4v) is 4.08. The Morgan fingerprint density at radius 2 is 1.86 bits per heavy atom. The molecular weight excluding hydrogens is 474 g/mol. The lowest BCUT2D eigenvalue weighted by molar-refractivity contribution is -0.384. The van der Waals surface area contributed by atoms with Crippen molar-refractivity contribution in [3.8, 4) is 0 Å². The summed E-state index contributed by atoms with van der Waals surface area (Å²) in [6, 6.07) is 7.41. The second kappa shape index (κ2) is 12.0. The summed E-state index contributed by atoms with van der Waals surface area (Å²) in [4.78, 5) is 54.5. The fraction of sp³-hybridized carbons (Fsp3) is 0.458. The van der Waals surface area contributed by atoms with Gasteiger partial charge in [0.15, 0.2) is 6.29 Å². The van der Waals surface area contributed by atoms with E-state index in [0.717, 1.165) is 24.2 Å². The van der Waals surface area contributed by atoms with Crippen LogP contribution < -0.4 is 5.48 Å². The van der Waals surface area contributed by atoms with Gasteiger partial charge >= 0.3 is 0 Å². The second-order valence-electron chi connectivity index (χ2n) is 8.33. The summed E-state index contributed by atoms with van der Waals surface area (Å²) in [6.07, 6.45) is 2.43. The Kier molecular flexibility index (Phi) is 8.54. The van der Waals surface area contributed by atoms with Gasteiger partial charge in [-0.1, -0.05) is 12.1 Å². The quantitative estimate of drug-likeness (QED) is 0.200. The Hall–Kier alpha value is -3.45. The highest BCUT2D eigenvalue weighted by atomic mass is 16.8. The maximum atomic E-state index is 13.0. The molecule has 0 spiro atoms. The molecule has 2 heterocycles. The first-order valence-electron chi connectivity index (χ1n) is 11.7. The van der Waals surface area contributed by atoms with Gasteiger partial charge in [0.05, 0.1) is 49.9 Å². The highest BCUT2D eigenvalue weighted by molar-refractivity contribution is 6.25. The number of nitro groups is 1. The molecule has 192 valence electrons. The van der Waals surface area contributed by atoms with Gasteiger partial charge in [-0.25, -0.2) is 10.3 Å². The number of non-ortho nitro benzene ring substituents is 1. The van der Waals surface area contributed by atoms with Crippen molar-refractivity contribution >= 4 is 34.2 Å². The van der Waals surface area contributed by atoms with E-state index in [1.165, 1.54) is 12.1 Å². The zero-order chi connectivity index (χ0) is 25.5. The van der Waals surface area contributed by atoms with Gasteiger partial charge in [-0.15, -0.1) is 0 Å². The van der Waals surface area contributed by atoms with Crippen molar-refractivity contribution in [2.75, 3.05) is 39.6 Å². The van der Waals surface area contributed by atoms with E-state index >= 15 is 0 Å². The molecule has 0 radical (unpaired) electrons. The molecule has 1 unspecified atom stereocenters. The molecule has 2 aromatic carbocycles. The number of nitrogens with one attached hydrogen (secondary N) is 1. The van der Waals surface area contributed by atoms with Crippen LogP contribution in [-0.4, -0.2) is 73.4 Å². The lowest BCUT2D eigenvalue weighted by Crippen LogP contribution is -2.42. The average molecular weight is 501 g/mol. The summed E-state index contributed by atoms with van der Waals surface area (Å²) in [7, 11) is 0. The highest BCUT2D eigenvalue weighted by Gasteiger charge is 2.34. The highest BCUT2D eigenvalue weighted by Crippen LogP contribution is 2.33. The first-order chi connectivity index (χ1) is 17.5. The number of hydroxylamine groups is 1. The van der Waals surface area contributed by atoms with Crippen molar-refractivity contribution in [1.82, 2.24) is 10.4 Å². The van der Waals surface area contributed by atoms with E-state index in [1.807, 2.05) is 0 Å². The average Bonchev–Trinajstić information content (AvgIpc) is 2.89. The number of imide groups is 1. The third-order valence-electron chi connectivity index (χ3n) is 5.87. The molecule has 2 aliphatic heterocycles. The van der Waals surface area contributed by atoms with Gasteiger partial charge in [-0.3, -0.25) is 29.4 Å². The number of nitro benzene ring substituents is 1. The summed E-state index contributed by atoms with van der Waals surface area (Å²) in [5, 5.41) is 12.2. The molecule has 2 aliphatic rings. The van der Waals surface area contributed by atoms with Gasteiger partial charge in [-0.05, 0) is 24.3 Å². The van der Waals surface area contributed by atoms with E-state index < -0.39 is 23.0 Å². The largest absolute Gasteiger partial charge is 0.379 e. The third kappa shape index (κ3) is 6.02. The number of amides is 3. The number of ether oxygens (including phenoxy) is 3. The lowest BCUT2D eigenvalue weighted by atomic mass is 9.93. The molecule has 1 fully saturated rings. The normalized spacial score (nSPS) is 17.4. The van der Waals surface area contributed by atoms with Gasteiger partial charge in [0.1, 0.15) is 0 Å². The number of rotatable bonds is 12. The molecule has 12 nitrogen and oxygen atoms in total. The topological polar surface area (TPSA) is 147 Å². The Morgan fingerprint density at radius 3 is 2.61 bits per heavy atom. The Bertz CT molecular complexity index is 1150. The number of carbonyl (C=O) groups is 3. The maximum absolute atomic E-state index is 13.0. The van der Waals surface area contributed by atoms with Crippen LogP contribution in [0, 0.1) is 10.1 Å². The molecule has 1 N–H and O–H groups in total. The molecule has 0 bridgehead atoms. The van der Waals surface area contributed by atoms with E-state index in [-0.39, 0.29) is 56.6 Å². The summed E-state index contributed by atoms with van der Waals surface area (Å²) >= 11 is 0. The van der Waals surface area contributed by atoms with Crippen LogP contribution in [0.2, 0.25) is 0 Å². The van der Waals surface area contributed by atoms with E-state index in [4.69, 9.17) is 19.0 Å². The minimum absolute atomic E-state index is 0.0147. The van der Waals surface area contributed by atoms with Gasteiger partial charge in [0.2, 0.25) is 5.91 Å². The van der Waals surface area contributed by atoms with Crippen LogP contribution in [0.5, 0.6) is 0 Å². The molecule has 0 saturated carbocycles. The van der Waals surface area contributed by atoms with E-state index in [1.54, 1.807) is 18.2 Å². The van der Waals surface area contributed by atoms with Gasteiger partial charge < -0.3 is 14.2 Å². The number of carbonyl (C=O) groups excluding carboxylic acids is 3. The Morgan fingerprint density at radius 1 is 1.08 bits per heavy atom. The van der Waals surface area contributed by atoms with E-state index in [0.29, 0.717) is 22.9 Å². The SMILES string of the molecule is O=C(CCOCCOCCN1C(=O)c2cccc3cc([N+](=O)[O-])cc(c23)C1=O)NOC1CCCCO1. The van der Waals surface area contributed by atoms with Crippen LogP contribution in [0.1, 0.15) is 46.4 Å². The van der Waals surface area contributed by atoms with Gasteiger partial charge in [0, 0.05) is 36.1 Å². The van der Waals surface area contributed by atoms with Gasteiger partial charge in [0.25, 0.3) is 17.5 Å². The first-order valence-corrected chi connectivity index (χ1v) is 11.7. The fourth-order valence-electron chi connectivity index (χ4n) is 4.08. The van der Waals surface area contributed by atoms with Crippen LogP contribution >= 0.6 is 0 Å². The number of hydrogen-bond acceptors (Lipinski definition) is 9. The first kappa shape index (κ1) is 25.6. The van der Waals surface area contributed by atoms with Crippen LogP contribution in [-0.2, 0) is 23.8 Å². The molecule has 0 aliphatic carbocycles. The number of benzene rings is 2. The number of nitrogens with zero attached hydrogens (tertiary/aromatic N) is 2. The molecule has 3 amide bonds. The molecule has 1 saturated heterocycles. The van der Waals surface area contributed by atoms with E-state index in [2.05, 4.69) is 5.48 Å². The molecule has 36 heavy (non-hydrogen) atoms. The van der Waals surface area contributed by atoms with Crippen molar-refractivity contribution in [3.63, 3.8) is 0 Å². The third-order valence-corrected chi connectivity index (χ3v) is 5.87. The van der Waals surface area contributed by atoms with Crippen molar-refractivity contribution in [1.29, 1.82) is 0 Å². The smallest absolute Gasteiger partial charge is 0.270 e.